The molecule has 0 bridgehead atoms. The molecule has 4 rings (SSSR count). The second-order valence-corrected chi connectivity index (χ2v) is 10.7. The molecular weight excluding hydrogens is 517 g/mol. The molecule has 0 spiro atoms. The van der Waals surface area contributed by atoms with Crippen LogP contribution in [-0.4, -0.2) is 31.5 Å². The van der Waals surface area contributed by atoms with Gasteiger partial charge in [0.25, 0.3) is 15.9 Å². The Hall–Kier alpha value is -3.83. The van der Waals surface area contributed by atoms with E-state index >= 15 is 0 Å². The number of esters is 1. The maximum atomic E-state index is 13.1. The Balaban J connectivity index is 1.62. The lowest BCUT2D eigenvalue weighted by atomic mass is 10.2. The van der Waals surface area contributed by atoms with Gasteiger partial charge < -0.3 is 9.30 Å². The summed E-state index contributed by atoms with van der Waals surface area (Å²) >= 11 is 1.30. The molecule has 4 aromatic rings. The Morgan fingerprint density at radius 1 is 1.03 bits per heavy atom. The number of rotatable bonds is 8. The van der Waals surface area contributed by atoms with Crippen LogP contribution < -0.4 is 9.52 Å². The molecule has 1 N–H and O–H groups in total. The Morgan fingerprint density at radius 3 is 2.38 bits per heavy atom. The number of anilines is 1. The Kier molecular flexibility index (Phi) is 7.84. The summed E-state index contributed by atoms with van der Waals surface area (Å²) in [5.74, 6) is -1.53. The van der Waals surface area contributed by atoms with E-state index < -0.39 is 27.7 Å². The summed E-state index contributed by atoms with van der Waals surface area (Å²) in [4.78, 5) is 29.7. The number of halogens is 1. The number of ether oxygens (including phenoxy) is 1. The van der Waals surface area contributed by atoms with Gasteiger partial charge in [0.15, 0.2) is 4.80 Å². The molecule has 0 fully saturated rings. The monoisotopic (exact) mass is 541 g/mol. The number of nitrogens with zero attached hydrogens (tertiary/aromatic N) is 2. The molecule has 0 radical (unpaired) electrons. The molecule has 0 saturated heterocycles. The van der Waals surface area contributed by atoms with Crippen LogP contribution in [-0.2, 0) is 32.5 Å². The van der Waals surface area contributed by atoms with Gasteiger partial charge in [-0.05, 0) is 79.6 Å². The average molecular weight is 542 g/mol. The lowest BCUT2D eigenvalue weighted by Gasteiger charge is -2.08. The van der Waals surface area contributed by atoms with E-state index in [0.717, 1.165) is 46.5 Å². The normalized spacial score (nSPS) is 12.0. The van der Waals surface area contributed by atoms with Crippen molar-refractivity contribution >= 4 is 49.1 Å². The Labute approximate surface area is 217 Å². The molecule has 3 aromatic carbocycles. The molecule has 0 unspecified atom stereocenters. The van der Waals surface area contributed by atoms with Crippen molar-refractivity contribution in [3.05, 3.63) is 88.5 Å². The number of nitrogens with one attached hydrogen (secondary N) is 1. The lowest BCUT2D eigenvalue weighted by molar-refractivity contribution is -0.143. The number of amides is 1. The quantitative estimate of drug-likeness (QED) is 0.331. The van der Waals surface area contributed by atoms with Gasteiger partial charge in [-0.2, -0.15) is 4.99 Å². The van der Waals surface area contributed by atoms with E-state index in [1.165, 1.54) is 35.6 Å². The smallest absolute Gasteiger partial charge is 0.326 e. The number of carbonyl (C=O) groups is 2. The number of benzene rings is 3. The fourth-order valence-corrected chi connectivity index (χ4v) is 5.72. The number of hydrogen-bond acceptors (Lipinski definition) is 6. The molecule has 1 heterocycles. The van der Waals surface area contributed by atoms with Crippen molar-refractivity contribution in [2.75, 3.05) is 11.3 Å². The van der Waals surface area contributed by atoms with Crippen LogP contribution in [0.1, 0.15) is 29.8 Å². The summed E-state index contributed by atoms with van der Waals surface area (Å²) < 4.78 is 48.2. The topological polar surface area (TPSA) is 107 Å². The molecule has 0 aliphatic rings. The van der Waals surface area contributed by atoms with Crippen LogP contribution in [0.4, 0.5) is 10.1 Å². The molecule has 1 aromatic heterocycles. The highest BCUT2D eigenvalue weighted by molar-refractivity contribution is 7.92. The summed E-state index contributed by atoms with van der Waals surface area (Å²) in [6.07, 6.45) is 0.842. The van der Waals surface area contributed by atoms with Gasteiger partial charge in [-0.25, -0.2) is 12.8 Å². The molecule has 37 heavy (non-hydrogen) atoms. The number of carbonyl (C=O) groups excluding carboxylic acids is 2. The largest absolute Gasteiger partial charge is 0.465 e. The SMILES string of the molecule is CCOC(=O)Cn1c(=NC(=O)c2ccc(NS(=O)(=O)c3ccc(F)cc3)cc2)sc2cc(CC)ccc21. The summed E-state index contributed by atoms with van der Waals surface area (Å²) in [7, 11) is -3.92. The van der Waals surface area contributed by atoms with Crippen LogP contribution in [0.25, 0.3) is 10.2 Å². The van der Waals surface area contributed by atoms with Crippen molar-refractivity contribution in [3.63, 3.8) is 0 Å². The van der Waals surface area contributed by atoms with E-state index in [2.05, 4.69) is 9.71 Å². The van der Waals surface area contributed by atoms with Gasteiger partial charge in [0, 0.05) is 11.3 Å². The van der Waals surface area contributed by atoms with E-state index in [9.17, 15) is 22.4 Å². The number of fused-ring (bicyclic) bond motifs is 1. The first-order valence-corrected chi connectivity index (χ1v) is 13.8. The zero-order valence-corrected chi connectivity index (χ0v) is 21.7. The Morgan fingerprint density at radius 2 is 1.73 bits per heavy atom. The van der Waals surface area contributed by atoms with Crippen molar-refractivity contribution < 1.29 is 27.1 Å². The highest BCUT2D eigenvalue weighted by atomic mass is 32.2. The van der Waals surface area contributed by atoms with Crippen molar-refractivity contribution in [1.29, 1.82) is 0 Å². The van der Waals surface area contributed by atoms with Crippen LogP contribution in [0.15, 0.2) is 76.6 Å². The van der Waals surface area contributed by atoms with Crippen LogP contribution in [0.3, 0.4) is 0 Å². The highest BCUT2D eigenvalue weighted by Gasteiger charge is 2.16. The molecule has 192 valence electrons. The summed E-state index contributed by atoms with van der Waals surface area (Å²) in [6, 6.07) is 16.1. The second kappa shape index (κ2) is 11.1. The minimum Gasteiger partial charge on any atom is -0.465 e. The first-order chi connectivity index (χ1) is 17.7. The average Bonchev–Trinajstić information content (AvgIpc) is 3.20. The van der Waals surface area contributed by atoms with Crippen molar-refractivity contribution in [2.45, 2.75) is 31.7 Å². The molecule has 0 saturated carbocycles. The first kappa shape index (κ1) is 26.2. The molecule has 0 atom stereocenters. The van der Waals surface area contributed by atoms with Crippen molar-refractivity contribution in [3.8, 4) is 0 Å². The van der Waals surface area contributed by atoms with Gasteiger partial charge in [-0.3, -0.25) is 14.3 Å². The lowest BCUT2D eigenvalue weighted by Crippen LogP contribution is -2.23. The summed E-state index contributed by atoms with van der Waals surface area (Å²) in [5, 5.41) is 0. The number of aryl methyl sites for hydroxylation is 1. The Bertz CT molecular complexity index is 1620. The van der Waals surface area contributed by atoms with E-state index in [1.807, 2.05) is 25.1 Å². The van der Waals surface area contributed by atoms with E-state index in [-0.39, 0.29) is 29.3 Å². The molecule has 1 amide bonds. The van der Waals surface area contributed by atoms with Crippen LogP contribution in [0.5, 0.6) is 0 Å². The minimum absolute atomic E-state index is 0.0878. The number of sulfonamides is 1. The van der Waals surface area contributed by atoms with Gasteiger partial charge in [0.2, 0.25) is 0 Å². The molecule has 0 aliphatic carbocycles. The predicted octanol–water partition coefficient (Wildman–Crippen LogP) is 4.51. The van der Waals surface area contributed by atoms with E-state index in [4.69, 9.17) is 4.74 Å². The number of aromatic nitrogens is 1. The molecule has 11 heteroatoms. The van der Waals surface area contributed by atoms with Gasteiger partial charge >= 0.3 is 5.97 Å². The highest BCUT2D eigenvalue weighted by Crippen LogP contribution is 2.21. The maximum Gasteiger partial charge on any atom is 0.326 e. The second-order valence-electron chi connectivity index (χ2n) is 7.99. The van der Waals surface area contributed by atoms with Crippen LogP contribution >= 0.6 is 11.3 Å². The van der Waals surface area contributed by atoms with E-state index in [0.29, 0.717) is 4.80 Å². The third-order valence-electron chi connectivity index (χ3n) is 5.45. The fourth-order valence-electron chi connectivity index (χ4n) is 3.57. The van der Waals surface area contributed by atoms with E-state index in [1.54, 1.807) is 11.5 Å². The summed E-state index contributed by atoms with van der Waals surface area (Å²) in [6.45, 7) is 3.92. The molecule has 8 nitrogen and oxygen atoms in total. The van der Waals surface area contributed by atoms with Crippen LogP contribution in [0.2, 0.25) is 0 Å². The zero-order chi connectivity index (χ0) is 26.6. The number of hydrogen-bond donors (Lipinski definition) is 1. The van der Waals surface area contributed by atoms with Crippen molar-refractivity contribution in [2.24, 2.45) is 4.99 Å². The summed E-state index contributed by atoms with van der Waals surface area (Å²) in [5.41, 5.74) is 2.35. The maximum absolute atomic E-state index is 13.1. The number of thiazole rings is 1. The fraction of sp³-hybridized carbons (Fsp3) is 0.192. The minimum atomic E-state index is -3.92. The van der Waals surface area contributed by atoms with Gasteiger partial charge in [0.1, 0.15) is 12.4 Å². The van der Waals surface area contributed by atoms with Gasteiger partial charge in [-0.15, -0.1) is 0 Å². The van der Waals surface area contributed by atoms with Gasteiger partial charge in [-0.1, -0.05) is 24.3 Å². The third kappa shape index (κ3) is 6.12. The van der Waals surface area contributed by atoms with Crippen LogP contribution in [0, 0.1) is 5.82 Å². The predicted molar refractivity (Wildman–Crippen MR) is 139 cm³/mol. The molecule has 0 aliphatic heterocycles. The van der Waals surface area contributed by atoms with Gasteiger partial charge in [0.05, 0.1) is 21.7 Å². The third-order valence-corrected chi connectivity index (χ3v) is 7.89. The first-order valence-electron chi connectivity index (χ1n) is 11.5. The molecular formula is C26H24FN3O5S2. The zero-order valence-electron chi connectivity index (χ0n) is 20.1. The standard InChI is InChI=1S/C26H24FN3O5S2/c1-3-17-5-14-22-23(15-17)36-26(30(22)16-24(31)35-4-2)28-25(32)18-6-10-20(11-7-18)29-37(33,34)21-12-8-19(27)9-13-21/h5-15,29H,3-4,16H2,1-2H3. The van der Waals surface area contributed by atoms with Crippen molar-refractivity contribution in [1.82, 2.24) is 4.57 Å².